The number of amides is 1. The highest BCUT2D eigenvalue weighted by molar-refractivity contribution is 7.92. The van der Waals surface area contributed by atoms with Gasteiger partial charge in [0.15, 0.2) is 11.5 Å². The average molecular weight is 451 g/mol. The van der Waals surface area contributed by atoms with Crippen LogP contribution in [0.15, 0.2) is 71.6 Å². The molecule has 3 aromatic carbocycles. The van der Waals surface area contributed by atoms with Gasteiger partial charge in [0.1, 0.15) is 13.2 Å². The Morgan fingerprint density at radius 1 is 0.969 bits per heavy atom. The molecule has 0 fully saturated rings. The SMILES string of the molecule is CC1Cc2ccccc2N1C(=O)c1ccc(NS(=O)(=O)c2ccc3c(c2)OCCO3)cc1. The van der Waals surface area contributed by atoms with E-state index in [1.165, 1.54) is 12.1 Å². The summed E-state index contributed by atoms with van der Waals surface area (Å²) in [6, 6.07) is 18.9. The van der Waals surface area contributed by atoms with Crippen molar-refractivity contribution in [1.82, 2.24) is 0 Å². The van der Waals surface area contributed by atoms with E-state index in [1.807, 2.05) is 31.2 Å². The zero-order chi connectivity index (χ0) is 22.3. The third-order valence-corrected chi connectivity index (χ3v) is 7.01. The minimum atomic E-state index is -3.83. The van der Waals surface area contributed by atoms with Crippen LogP contribution in [0.1, 0.15) is 22.8 Å². The lowest BCUT2D eigenvalue weighted by atomic mass is 10.1. The Kier molecular flexibility index (Phi) is 5.01. The second-order valence-electron chi connectivity index (χ2n) is 7.85. The summed E-state index contributed by atoms with van der Waals surface area (Å²) in [6.07, 6.45) is 0.815. The maximum absolute atomic E-state index is 13.1. The zero-order valence-corrected chi connectivity index (χ0v) is 18.3. The molecule has 164 valence electrons. The lowest BCUT2D eigenvalue weighted by Gasteiger charge is -2.23. The number of para-hydroxylation sites is 1. The van der Waals surface area contributed by atoms with E-state index in [1.54, 1.807) is 35.2 Å². The van der Waals surface area contributed by atoms with E-state index in [2.05, 4.69) is 4.72 Å². The number of hydrogen-bond acceptors (Lipinski definition) is 5. The first-order chi connectivity index (χ1) is 15.4. The van der Waals surface area contributed by atoms with Crippen LogP contribution in [0.5, 0.6) is 11.5 Å². The smallest absolute Gasteiger partial charge is 0.262 e. The summed E-state index contributed by atoms with van der Waals surface area (Å²) in [6.45, 7) is 2.83. The highest BCUT2D eigenvalue weighted by Crippen LogP contribution is 2.34. The molecule has 2 aliphatic rings. The molecular formula is C24H22N2O5S. The van der Waals surface area contributed by atoms with Crippen LogP contribution < -0.4 is 19.1 Å². The highest BCUT2D eigenvalue weighted by Gasteiger charge is 2.31. The van der Waals surface area contributed by atoms with Gasteiger partial charge < -0.3 is 14.4 Å². The minimum absolute atomic E-state index is 0.0632. The number of rotatable bonds is 4. The molecule has 8 heteroatoms. The van der Waals surface area contributed by atoms with Crippen LogP contribution in [0.25, 0.3) is 0 Å². The van der Waals surface area contributed by atoms with Gasteiger partial charge in [0.05, 0.1) is 4.90 Å². The van der Waals surface area contributed by atoms with E-state index in [4.69, 9.17) is 9.47 Å². The van der Waals surface area contributed by atoms with Gasteiger partial charge in [-0.2, -0.15) is 0 Å². The van der Waals surface area contributed by atoms with Crippen molar-refractivity contribution in [2.24, 2.45) is 0 Å². The first-order valence-corrected chi connectivity index (χ1v) is 11.8. The van der Waals surface area contributed by atoms with Crippen molar-refractivity contribution in [3.8, 4) is 11.5 Å². The quantitative estimate of drug-likeness (QED) is 0.653. The molecule has 1 atom stereocenters. The first-order valence-electron chi connectivity index (χ1n) is 10.4. The summed E-state index contributed by atoms with van der Waals surface area (Å²) >= 11 is 0. The van der Waals surface area contributed by atoms with Crippen molar-refractivity contribution in [2.45, 2.75) is 24.3 Å². The molecule has 3 aromatic rings. The molecule has 2 aliphatic heterocycles. The Balaban J connectivity index is 1.34. The van der Waals surface area contributed by atoms with Crippen LogP contribution >= 0.6 is 0 Å². The molecule has 0 spiro atoms. The van der Waals surface area contributed by atoms with E-state index in [0.29, 0.717) is 36.0 Å². The van der Waals surface area contributed by atoms with Crippen LogP contribution in [-0.2, 0) is 16.4 Å². The number of carbonyl (C=O) groups is 1. The molecule has 7 nitrogen and oxygen atoms in total. The summed E-state index contributed by atoms with van der Waals surface area (Å²) in [5.74, 6) is 0.819. The van der Waals surface area contributed by atoms with E-state index in [9.17, 15) is 13.2 Å². The summed E-state index contributed by atoms with van der Waals surface area (Å²) in [4.78, 5) is 15.0. The first kappa shape index (κ1) is 20.4. The Bertz CT molecular complexity index is 1290. The summed E-state index contributed by atoms with van der Waals surface area (Å²) in [7, 11) is -3.83. The van der Waals surface area contributed by atoms with E-state index >= 15 is 0 Å². The second kappa shape index (κ2) is 7.87. The number of sulfonamides is 1. The van der Waals surface area contributed by atoms with Crippen molar-refractivity contribution in [3.63, 3.8) is 0 Å². The fraction of sp³-hybridized carbons (Fsp3) is 0.208. The Labute approximate surface area is 186 Å². The highest BCUT2D eigenvalue weighted by atomic mass is 32.2. The van der Waals surface area contributed by atoms with Crippen LogP contribution in [0.4, 0.5) is 11.4 Å². The maximum atomic E-state index is 13.1. The van der Waals surface area contributed by atoms with E-state index < -0.39 is 10.0 Å². The molecule has 0 saturated carbocycles. The van der Waals surface area contributed by atoms with E-state index in [0.717, 1.165) is 17.7 Å². The normalized spacial score (nSPS) is 17.0. The number of fused-ring (bicyclic) bond motifs is 2. The molecule has 1 N–H and O–H groups in total. The van der Waals surface area contributed by atoms with Gasteiger partial charge >= 0.3 is 0 Å². The predicted molar refractivity (Wildman–Crippen MR) is 121 cm³/mol. The Morgan fingerprint density at radius 2 is 1.69 bits per heavy atom. The molecule has 0 bridgehead atoms. The molecule has 0 saturated heterocycles. The molecule has 5 rings (SSSR count). The maximum Gasteiger partial charge on any atom is 0.262 e. The van der Waals surface area contributed by atoms with Gasteiger partial charge in [-0.3, -0.25) is 9.52 Å². The van der Waals surface area contributed by atoms with Crippen molar-refractivity contribution in [1.29, 1.82) is 0 Å². The number of hydrogen-bond donors (Lipinski definition) is 1. The molecule has 0 aromatic heterocycles. The number of nitrogens with one attached hydrogen (secondary N) is 1. The molecule has 1 unspecified atom stereocenters. The largest absolute Gasteiger partial charge is 0.486 e. The summed E-state index contributed by atoms with van der Waals surface area (Å²) in [5.41, 5.74) is 2.94. The van der Waals surface area contributed by atoms with Crippen molar-refractivity contribution in [2.75, 3.05) is 22.8 Å². The molecule has 0 radical (unpaired) electrons. The molecule has 32 heavy (non-hydrogen) atoms. The van der Waals surface area contributed by atoms with Crippen LogP contribution in [0.2, 0.25) is 0 Å². The van der Waals surface area contributed by atoms with Crippen LogP contribution in [0, 0.1) is 0 Å². The fourth-order valence-corrected chi connectivity index (χ4v) is 5.17. The number of ether oxygens (including phenoxy) is 2. The summed E-state index contributed by atoms with van der Waals surface area (Å²) in [5, 5.41) is 0. The third-order valence-electron chi connectivity index (χ3n) is 5.63. The lowest BCUT2D eigenvalue weighted by Crippen LogP contribution is -2.35. The van der Waals surface area contributed by atoms with Gasteiger partial charge in [-0.15, -0.1) is 0 Å². The van der Waals surface area contributed by atoms with Crippen LogP contribution in [0.3, 0.4) is 0 Å². The van der Waals surface area contributed by atoms with Gasteiger partial charge in [-0.1, -0.05) is 18.2 Å². The van der Waals surface area contributed by atoms with Gasteiger partial charge in [0.2, 0.25) is 0 Å². The van der Waals surface area contributed by atoms with E-state index in [-0.39, 0.29) is 16.8 Å². The molecule has 0 aliphatic carbocycles. The van der Waals surface area contributed by atoms with Gasteiger partial charge in [0.25, 0.3) is 15.9 Å². The van der Waals surface area contributed by atoms with Gasteiger partial charge in [-0.05, 0) is 61.4 Å². The fourth-order valence-electron chi connectivity index (χ4n) is 4.10. The minimum Gasteiger partial charge on any atom is -0.486 e. The number of anilines is 2. The Morgan fingerprint density at radius 3 is 2.47 bits per heavy atom. The van der Waals surface area contributed by atoms with Gasteiger partial charge in [-0.25, -0.2) is 8.42 Å². The topological polar surface area (TPSA) is 84.9 Å². The Hall–Kier alpha value is -3.52. The molecule has 2 heterocycles. The van der Waals surface area contributed by atoms with Crippen LogP contribution in [-0.4, -0.2) is 33.6 Å². The monoisotopic (exact) mass is 450 g/mol. The molecular weight excluding hydrogens is 428 g/mol. The lowest BCUT2D eigenvalue weighted by molar-refractivity contribution is 0.0981. The third kappa shape index (κ3) is 3.67. The van der Waals surface area contributed by atoms with Crippen molar-refractivity contribution in [3.05, 3.63) is 77.9 Å². The standard InChI is InChI=1S/C24H22N2O5S/c1-16-14-18-4-2-3-5-21(18)26(16)24(27)17-6-8-19(9-7-17)25-32(28,29)20-10-11-22-23(15-20)31-13-12-30-22/h2-11,15-16,25H,12-14H2,1H3. The number of carbonyl (C=O) groups excluding carboxylic acids is 1. The average Bonchev–Trinajstić information content (AvgIpc) is 3.14. The van der Waals surface area contributed by atoms with Crippen molar-refractivity contribution >= 4 is 27.3 Å². The zero-order valence-electron chi connectivity index (χ0n) is 17.4. The number of nitrogens with zero attached hydrogens (tertiary/aromatic N) is 1. The van der Waals surface area contributed by atoms with Gasteiger partial charge in [0, 0.05) is 29.0 Å². The molecule has 1 amide bonds. The predicted octanol–water partition coefficient (Wildman–Crippen LogP) is 3.85. The number of benzene rings is 3. The van der Waals surface area contributed by atoms with Crippen molar-refractivity contribution < 1.29 is 22.7 Å². The second-order valence-corrected chi connectivity index (χ2v) is 9.53. The summed E-state index contributed by atoms with van der Waals surface area (Å²) < 4.78 is 39.1.